The van der Waals surface area contributed by atoms with Crippen LogP contribution in [0.1, 0.15) is 53.9 Å². The Kier molecular flexibility index (Phi) is 6.04. The van der Waals surface area contributed by atoms with Crippen LogP contribution in [0.4, 0.5) is 0 Å². The van der Waals surface area contributed by atoms with Crippen LogP contribution < -0.4 is 0 Å². The zero-order chi connectivity index (χ0) is 10.5. The van der Waals surface area contributed by atoms with Crippen LogP contribution in [0.25, 0.3) is 0 Å². The Morgan fingerprint density at radius 3 is 2.08 bits per heavy atom. The van der Waals surface area contributed by atoms with Crippen molar-refractivity contribution in [2.75, 3.05) is 5.88 Å². The molecule has 0 saturated heterocycles. The minimum Gasteiger partial charge on any atom is -0.126 e. The van der Waals surface area contributed by atoms with Gasteiger partial charge >= 0.3 is 0 Å². The second kappa shape index (κ2) is 5.90. The van der Waals surface area contributed by atoms with Crippen molar-refractivity contribution in [3.63, 3.8) is 0 Å². The van der Waals surface area contributed by atoms with Gasteiger partial charge in [-0.25, -0.2) is 0 Å². The summed E-state index contributed by atoms with van der Waals surface area (Å²) < 4.78 is 0. The number of halogens is 1. The fourth-order valence-electron chi connectivity index (χ4n) is 1.84. The Morgan fingerprint density at radius 2 is 1.77 bits per heavy atom. The second-order valence-corrected chi connectivity index (χ2v) is 5.31. The average molecular weight is 205 g/mol. The third-order valence-electron chi connectivity index (χ3n) is 3.30. The molecule has 0 spiro atoms. The van der Waals surface area contributed by atoms with Gasteiger partial charge in [-0.15, -0.1) is 11.6 Å². The van der Waals surface area contributed by atoms with E-state index >= 15 is 0 Å². The van der Waals surface area contributed by atoms with Gasteiger partial charge in [0, 0.05) is 5.88 Å². The molecule has 2 unspecified atom stereocenters. The first kappa shape index (κ1) is 13.3. The van der Waals surface area contributed by atoms with Crippen molar-refractivity contribution in [1.82, 2.24) is 0 Å². The molecule has 0 heterocycles. The summed E-state index contributed by atoms with van der Waals surface area (Å²) in [4.78, 5) is 0. The molecule has 13 heavy (non-hydrogen) atoms. The molecule has 0 saturated carbocycles. The topological polar surface area (TPSA) is 0 Å². The summed E-state index contributed by atoms with van der Waals surface area (Å²) in [5.74, 6) is 2.29. The lowest BCUT2D eigenvalue weighted by atomic mass is 9.74. The maximum absolute atomic E-state index is 6.05. The molecule has 80 valence electrons. The van der Waals surface area contributed by atoms with Gasteiger partial charge in [0.1, 0.15) is 0 Å². The van der Waals surface area contributed by atoms with Crippen molar-refractivity contribution in [3.8, 4) is 0 Å². The van der Waals surface area contributed by atoms with Gasteiger partial charge < -0.3 is 0 Å². The summed E-state index contributed by atoms with van der Waals surface area (Å²) in [6.07, 6.45) is 3.89. The van der Waals surface area contributed by atoms with Crippen molar-refractivity contribution in [1.29, 1.82) is 0 Å². The Hall–Kier alpha value is 0.290. The van der Waals surface area contributed by atoms with Crippen molar-refractivity contribution < 1.29 is 0 Å². The highest BCUT2D eigenvalue weighted by atomic mass is 35.5. The Labute approximate surface area is 89.1 Å². The maximum atomic E-state index is 6.05. The predicted molar refractivity (Wildman–Crippen MR) is 62.4 cm³/mol. The van der Waals surface area contributed by atoms with E-state index in [0.29, 0.717) is 11.3 Å². The highest BCUT2D eigenvalue weighted by molar-refractivity contribution is 6.18. The lowest BCUT2D eigenvalue weighted by molar-refractivity contribution is 0.193. The average Bonchev–Trinajstić information content (AvgIpc) is 2.04. The zero-order valence-electron chi connectivity index (χ0n) is 9.86. The first-order chi connectivity index (χ1) is 5.96. The van der Waals surface area contributed by atoms with E-state index in [1.807, 2.05) is 0 Å². The van der Waals surface area contributed by atoms with E-state index in [-0.39, 0.29) is 0 Å². The van der Waals surface area contributed by atoms with Crippen LogP contribution in [0, 0.1) is 17.3 Å². The van der Waals surface area contributed by atoms with Crippen molar-refractivity contribution >= 4 is 11.6 Å². The zero-order valence-corrected chi connectivity index (χ0v) is 10.6. The van der Waals surface area contributed by atoms with Gasteiger partial charge in [0.05, 0.1) is 0 Å². The van der Waals surface area contributed by atoms with E-state index < -0.39 is 0 Å². The van der Waals surface area contributed by atoms with E-state index in [1.165, 1.54) is 19.3 Å². The predicted octanol–water partition coefficient (Wildman–Crippen LogP) is 4.71. The van der Waals surface area contributed by atoms with E-state index in [4.69, 9.17) is 11.6 Å². The van der Waals surface area contributed by atoms with Crippen LogP contribution in [0.5, 0.6) is 0 Å². The minimum absolute atomic E-state index is 0.330. The van der Waals surface area contributed by atoms with Gasteiger partial charge in [-0.1, -0.05) is 47.5 Å². The molecule has 1 heteroatoms. The number of hydrogen-bond acceptors (Lipinski definition) is 0. The SMILES string of the molecule is CCCC(C)CC(C)(CCl)C(C)C. The molecule has 0 fully saturated rings. The van der Waals surface area contributed by atoms with Gasteiger partial charge in [-0.2, -0.15) is 0 Å². The number of alkyl halides is 1. The fourth-order valence-corrected chi connectivity index (χ4v) is 2.25. The molecule has 0 bridgehead atoms. The first-order valence-electron chi connectivity index (χ1n) is 5.52. The van der Waals surface area contributed by atoms with Crippen LogP contribution in [0.3, 0.4) is 0 Å². The van der Waals surface area contributed by atoms with Crippen LogP contribution in [0.2, 0.25) is 0 Å². The lowest BCUT2D eigenvalue weighted by Crippen LogP contribution is -2.27. The molecule has 0 rings (SSSR count). The molecule has 0 aromatic rings. The Bertz CT molecular complexity index is 131. The molecular formula is C12H25Cl. The molecule has 0 nitrogen and oxygen atoms in total. The van der Waals surface area contributed by atoms with E-state index in [1.54, 1.807) is 0 Å². The third-order valence-corrected chi connectivity index (χ3v) is 3.91. The molecule has 0 aromatic heterocycles. The first-order valence-corrected chi connectivity index (χ1v) is 6.05. The summed E-state index contributed by atoms with van der Waals surface area (Å²) in [5.41, 5.74) is 0.330. The molecule has 0 aliphatic carbocycles. The maximum Gasteiger partial charge on any atom is 0.0279 e. The molecule has 0 aromatic carbocycles. The van der Waals surface area contributed by atoms with Gasteiger partial charge in [0.2, 0.25) is 0 Å². The van der Waals surface area contributed by atoms with Crippen LogP contribution >= 0.6 is 11.6 Å². The van der Waals surface area contributed by atoms with E-state index in [2.05, 4.69) is 34.6 Å². The quantitative estimate of drug-likeness (QED) is 0.550. The lowest BCUT2D eigenvalue weighted by Gasteiger charge is -2.34. The Balaban J connectivity index is 4.10. The molecule has 2 atom stereocenters. The Morgan fingerprint density at radius 1 is 1.23 bits per heavy atom. The summed E-state index contributed by atoms with van der Waals surface area (Å²) in [7, 11) is 0. The highest BCUT2D eigenvalue weighted by Gasteiger charge is 2.28. The molecule has 0 aliphatic rings. The third kappa shape index (κ3) is 4.35. The largest absolute Gasteiger partial charge is 0.126 e. The summed E-state index contributed by atoms with van der Waals surface area (Å²) in [6, 6.07) is 0. The highest BCUT2D eigenvalue weighted by Crippen LogP contribution is 2.36. The van der Waals surface area contributed by atoms with Crippen molar-refractivity contribution in [3.05, 3.63) is 0 Å². The summed E-state index contributed by atoms with van der Waals surface area (Å²) in [5, 5.41) is 0. The van der Waals surface area contributed by atoms with E-state index in [9.17, 15) is 0 Å². The molecule has 0 aliphatic heterocycles. The summed E-state index contributed by atoms with van der Waals surface area (Å²) in [6.45, 7) is 11.5. The van der Waals surface area contributed by atoms with Crippen LogP contribution in [-0.2, 0) is 0 Å². The monoisotopic (exact) mass is 204 g/mol. The minimum atomic E-state index is 0.330. The van der Waals surface area contributed by atoms with Crippen LogP contribution in [-0.4, -0.2) is 5.88 Å². The standard InChI is InChI=1S/C12H25Cl/c1-6-7-11(4)8-12(5,9-13)10(2)3/h10-11H,6-9H2,1-5H3. The van der Waals surface area contributed by atoms with E-state index in [0.717, 1.165) is 11.8 Å². The molecular weight excluding hydrogens is 180 g/mol. The smallest absolute Gasteiger partial charge is 0.0279 e. The number of rotatable bonds is 6. The van der Waals surface area contributed by atoms with Gasteiger partial charge in [0.25, 0.3) is 0 Å². The molecule has 0 radical (unpaired) electrons. The molecule has 0 N–H and O–H groups in total. The van der Waals surface area contributed by atoms with Crippen LogP contribution in [0.15, 0.2) is 0 Å². The fraction of sp³-hybridized carbons (Fsp3) is 1.00. The second-order valence-electron chi connectivity index (χ2n) is 5.04. The molecule has 0 amide bonds. The van der Waals surface area contributed by atoms with Gasteiger partial charge in [-0.3, -0.25) is 0 Å². The van der Waals surface area contributed by atoms with Gasteiger partial charge in [-0.05, 0) is 23.7 Å². The summed E-state index contributed by atoms with van der Waals surface area (Å²) >= 11 is 6.05. The number of hydrogen-bond donors (Lipinski definition) is 0. The van der Waals surface area contributed by atoms with Crippen molar-refractivity contribution in [2.24, 2.45) is 17.3 Å². The van der Waals surface area contributed by atoms with Crippen molar-refractivity contribution in [2.45, 2.75) is 53.9 Å². The normalized spacial score (nSPS) is 18.7. The van der Waals surface area contributed by atoms with Gasteiger partial charge in [0.15, 0.2) is 0 Å².